The lowest BCUT2D eigenvalue weighted by Crippen LogP contribution is -2.40. The van der Waals surface area contributed by atoms with Gasteiger partial charge < -0.3 is 0 Å². The Kier molecular flexibility index (Phi) is 4.86. The van der Waals surface area contributed by atoms with Crippen LogP contribution in [0.15, 0.2) is 12.2 Å². The summed E-state index contributed by atoms with van der Waals surface area (Å²) in [5.41, 5.74) is 1.52. The molecule has 5 unspecified atom stereocenters. The average Bonchev–Trinajstić information content (AvgIpc) is 2.21. The van der Waals surface area contributed by atoms with Crippen molar-refractivity contribution in [1.29, 1.82) is 0 Å². The minimum absolute atomic E-state index is 0.737. The Morgan fingerprint density at radius 1 is 1.06 bits per heavy atom. The van der Waals surface area contributed by atoms with E-state index in [0.717, 1.165) is 41.4 Å². The SMILES string of the molecule is C=C1CC(C)C(C)C(C(C)C)C1C(C)C(C)C. The van der Waals surface area contributed by atoms with Gasteiger partial charge in [-0.05, 0) is 47.8 Å². The third kappa shape index (κ3) is 2.95. The zero-order chi connectivity index (χ0) is 13.3. The maximum Gasteiger partial charge on any atom is -0.0144 e. The largest absolute Gasteiger partial charge is 0.0995 e. The summed E-state index contributed by atoms with van der Waals surface area (Å²) in [6.07, 6.45) is 1.24. The monoisotopic (exact) mass is 236 g/mol. The molecule has 0 spiro atoms. The Morgan fingerprint density at radius 2 is 1.59 bits per heavy atom. The molecule has 100 valence electrons. The number of hydrogen-bond acceptors (Lipinski definition) is 0. The van der Waals surface area contributed by atoms with Crippen LogP contribution in [0.4, 0.5) is 0 Å². The van der Waals surface area contributed by atoms with Crippen molar-refractivity contribution in [2.75, 3.05) is 0 Å². The van der Waals surface area contributed by atoms with E-state index in [1.165, 1.54) is 12.0 Å². The molecule has 0 aromatic carbocycles. The maximum atomic E-state index is 4.42. The summed E-state index contributed by atoms with van der Waals surface area (Å²) in [5.74, 6) is 5.52. The quantitative estimate of drug-likeness (QED) is 0.576. The number of hydrogen-bond donors (Lipinski definition) is 0. The maximum absolute atomic E-state index is 4.42. The average molecular weight is 236 g/mol. The molecule has 5 atom stereocenters. The fourth-order valence-electron chi connectivity index (χ4n) is 3.87. The molecule has 0 saturated heterocycles. The van der Waals surface area contributed by atoms with Crippen molar-refractivity contribution >= 4 is 0 Å². The molecule has 17 heavy (non-hydrogen) atoms. The van der Waals surface area contributed by atoms with E-state index in [0.29, 0.717) is 0 Å². The predicted molar refractivity (Wildman–Crippen MR) is 77.9 cm³/mol. The summed E-state index contributed by atoms with van der Waals surface area (Å²) in [7, 11) is 0. The van der Waals surface area contributed by atoms with Gasteiger partial charge in [0.2, 0.25) is 0 Å². The normalized spacial score (nSPS) is 36.6. The Morgan fingerprint density at radius 3 is 2.00 bits per heavy atom. The van der Waals surface area contributed by atoms with Crippen molar-refractivity contribution < 1.29 is 0 Å². The minimum Gasteiger partial charge on any atom is -0.0995 e. The highest BCUT2D eigenvalue weighted by molar-refractivity contribution is 5.11. The Balaban J connectivity index is 3.01. The summed E-state index contributed by atoms with van der Waals surface area (Å²) in [6.45, 7) is 21.2. The first kappa shape index (κ1) is 14.8. The Bertz CT molecular complexity index is 261. The molecule has 0 heteroatoms. The molecule has 0 bridgehead atoms. The van der Waals surface area contributed by atoms with Crippen molar-refractivity contribution in [2.24, 2.45) is 41.4 Å². The summed E-state index contributed by atoms with van der Waals surface area (Å²) in [5, 5.41) is 0. The molecule has 0 radical (unpaired) electrons. The van der Waals surface area contributed by atoms with Gasteiger partial charge in [-0.15, -0.1) is 0 Å². The van der Waals surface area contributed by atoms with Crippen LogP contribution in [0.2, 0.25) is 0 Å². The van der Waals surface area contributed by atoms with Crippen LogP contribution in [-0.4, -0.2) is 0 Å². The summed E-state index contributed by atoms with van der Waals surface area (Å²) in [6, 6.07) is 0. The molecular formula is C17H32. The van der Waals surface area contributed by atoms with Crippen LogP contribution in [0, 0.1) is 41.4 Å². The summed E-state index contributed by atoms with van der Waals surface area (Å²) < 4.78 is 0. The van der Waals surface area contributed by atoms with Gasteiger partial charge in [0.25, 0.3) is 0 Å². The zero-order valence-corrected chi connectivity index (χ0v) is 13.0. The molecule has 1 rings (SSSR count). The molecule has 0 aliphatic heterocycles. The highest BCUT2D eigenvalue weighted by atomic mass is 14.5. The van der Waals surface area contributed by atoms with Gasteiger partial charge in [-0.2, -0.15) is 0 Å². The van der Waals surface area contributed by atoms with Gasteiger partial charge in [0.15, 0.2) is 0 Å². The summed E-state index contributed by atoms with van der Waals surface area (Å²) in [4.78, 5) is 0. The van der Waals surface area contributed by atoms with E-state index in [9.17, 15) is 0 Å². The van der Waals surface area contributed by atoms with E-state index in [4.69, 9.17) is 0 Å². The molecule has 0 N–H and O–H groups in total. The van der Waals surface area contributed by atoms with E-state index in [2.05, 4.69) is 55.0 Å². The van der Waals surface area contributed by atoms with Crippen LogP contribution in [0.1, 0.15) is 54.9 Å². The molecular weight excluding hydrogens is 204 g/mol. The molecule has 0 aromatic rings. The predicted octanol–water partition coefficient (Wildman–Crippen LogP) is 5.40. The van der Waals surface area contributed by atoms with Crippen LogP contribution in [-0.2, 0) is 0 Å². The highest BCUT2D eigenvalue weighted by Gasteiger charge is 2.41. The molecule has 1 saturated carbocycles. The molecule has 1 aliphatic carbocycles. The fraction of sp³-hybridized carbons (Fsp3) is 0.882. The fourth-order valence-corrected chi connectivity index (χ4v) is 3.87. The number of allylic oxidation sites excluding steroid dienone is 1. The lowest BCUT2D eigenvalue weighted by atomic mass is 9.58. The lowest BCUT2D eigenvalue weighted by Gasteiger charge is -2.47. The Labute approximate surface area is 109 Å². The van der Waals surface area contributed by atoms with Crippen molar-refractivity contribution in [1.82, 2.24) is 0 Å². The molecule has 0 nitrogen and oxygen atoms in total. The van der Waals surface area contributed by atoms with Crippen LogP contribution >= 0.6 is 0 Å². The van der Waals surface area contributed by atoms with Crippen LogP contribution in [0.5, 0.6) is 0 Å². The third-order valence-electron chi connectivity index (χ3n) is 5.36. The second kappa shape index (κ2) is 5.59. The van der Waals surface area contributed by atoms with Gasteiger partial charge >= 0.3 is 0 Å². The van der Waals surface area contributed by atoms with Crippen molar-refractivity contribution in [3.8, 4) is 0 Å². The van der Waals surface area contributed by atoms with Crippen molar-refractivity contribution in [3.05, 3.63) is 12.2 Å². The third-order valence-corrected chi connectivity index (χ3v) is 5.36. The topological polar surface area (TPSA) is 0 Å². The van der Waals surface area contributed by atoms with E-state index >= 15 is 0 Å². The van der Waals surface area contributed by atoms with E-state index in [1.807, 2.05) is 0 Å². The van der Waals surface area contributed by atoms with Crippen molar-refractivity contribution in [3.63, 3.8) is 0 Å². The standard InChI is InChI=1S/C17H32/c1-10(2)14(7)17-13(6)9-12(5)15(8)16(17)11(3)4/h10-12,14-17H,6,9H2,1-5,7-8H3. The molecule has 0 aromatic heterocycles. The van der Waals surface area contributed by atoms with Gasteiger partial charge in [-0.3, -0.25) is 0 Å². The second-order valence-corrected chi connectivity index (χ2v) is 7.15. The van der Waals surface area contributed by atoms with E-state index in [-0.39, 0.29) is 0 Å². The van der Waals surface area contributed by atoms with Gasteiger partial charge in [-0.1, -0.05) is 60.6 Å². The van der Waals surface area contributed by atoms with Gasteiger partial charge in [0.05, 0.1) is 0 Å². The smallest absolute Gasteiger partial charge is 0.0144 e. The molecule has 0 amide bonds. The first-order valence-corrected chi connectivity index (χ1v) is 7.45. The van der Waals surface area contributed by atoms with Gasteiger partial charge in [-0.25, -0.2) is 0 Å². The first-order chi connectivity index (χ1) is 7.77. The van der Waals surface area contributed by atoms with Crippen LogP contribution < -0.4 is 0 Å². The second-order valence-electron chi connectivity index (χ2n) is 7.15. The number of rotatable bonds is 3. The summed E-state index contributed by atoms with van der Waals surface area (Å²) >= 11 is 0. The van der Waals surface area contributed by atoms with Gasteiger partial charge in [0.1, 0.15) is 0 Å². The highest BCUT2D eigenvalue weighted by Crippen LogP contribution is 2.48. The first-order valence-electron chi connectivity index (χ1n) is 7.45. The molecule has 0 heterocycles. The Hall–Kier alpha value is -0.260. The van der Waals surface area contributed by atoms with E-state index in [1.54, 1.807) is 0 Å². The lowest BCUT2D eigenvalue weighted by molar-refractivity contribution is 0.0693. The minimum atomic E-state index is 0.737. The van der Waals surface area contributed by atoms with Gasteiger partial charge in [0, 0.05) is 0 Å². The molecule has 1 fully saturated rings. The van der Waals surface area contributed by atoms with Crippen LogP contribution in [0.3, 0.4) is 0 Å². The zero-order valence-electron chi connectivity index (χ0n) is 13.0. The van der Waals surface area contributed by atoms with Crippen molar-refractivity contribution in [2.45, 2.75) is 54.9 Å². The van der Waals surface area contributed by atoms with Crippen LogP contribution in [0.25, 0.3) is 0 Å². The molecule has 1 aliphatic rings. The van der Waals surface area contributed by atoms with E-state index < -0.39 is 0 Å².